The molecule has 3 aliphatic carbocycles. The smallest absolute Gasteiger partial charge is 0.159 e. The normalized spacial score (nSPS) is 47.8. The number of allylic oxidation sites excluding steroid dienone is 2. The van der Waals surface area contributed by atoms with Crippen molar-refractivity contribution in [3.8, 4) is 0 Å². The summed E-state index contributed by atoms with van der Waals surface area (Å²) >= 11 is 0. The molecule has 3 atom stereocenters. The maximum Gasteiger partial charge on any atom is 0.159 e. The first-order chi connectivity index (χ1) is 6.22. The van der Waals surface area contributed by atoms with Crippen LogP contribution in [0.4, 0.5) is 0 Å². The summed E-state index contributed by atoms with van der Waals surface area (Å²) in [5.74, 6) is 1.97. The molecule has 3 rings (SSSR count). The van der Waals surface area contributed by atoms with E-state index in [1.807, 2.05) is 0 Å². The number of fused-ring (bicyclic) bond motifs is 1. The van der Waals surface area contributed by atoms with Gasteiger partial charge in [-0.15, -0.1) is 0 Å². The van der Waals surface area contributed by atoms with Gasteiger partial charge in [-0.2, -0.15) is 0 Å². The summed E-state index contributed by atoms with van der Waals surface area (Å²) in [6, 6.07) is 0. The highest BCUT2D eigenvalue weighted by Crippen LogP contribution is 2.60. The largest absolute Gasteiger partial charge is 0.295 e. The van der Waals surface area contributed by atoms with Crippen molar-refractivity contribution < 1.29 is 4.79 Å². The van der Waals surface area contributed by atoms with Crippen LogP contribution in [0.15, 0.2) is 11.6 Å². The fourth-order valence-electron chi connectivity index (χ4n) is 3.80. The number of hydrogen-bond acceptors (Lipinski definition) is 1. The molecular weight excluding hydrogens is 160 g/mol. The van der Waals surface area contributed by atoms with Crippen LogP contribution < -0.4 is 0 Å². The van der Waals surface area contributed by atoms with E-state index in [0.29, 0.717) is 17.1 Å². The second-order valence-electron chi connectivity index (χ2n) is 5.15. The van der Waals surface area contributed by atoms with Gasteiger partial charge in [-0.05, 0) is 43.1 Å². The van der Waals surface area contributed by atoms with Crippen LogP contribution in [-0.4, -0.2) is 5.78 Å². The second-order valence-corrected chi connectivity index (χ2v) is 5.15. The van der Waals surface area contributed by atoms with Crippen molar-refractivity contribution >= 4 is 5.78 Å². The first-order valence-corrected chi connectivity index (χ1v) is 5.46. The van der Waals surface area contributed by atoms with E-state index in [2.05, 4.69) is 13.0 Å². The number of rotatable bonds is 0. The molecule has 2 saturated carbocycles. The Morgan fingerprint density at radius 1 is 1.54 bits per heavy atom. The Bertz CT molecular complexity index is 302. The lowest BCUT2D eigenvalue weighted by molar-refractivity contribution is -0.114. The highest BCUT2D eigenvalue weighted by atomic mass is 16.1. The molecule has 2 fully saturated rings. The molecule has 1 spiro atoms. The molecular formula is C12H16O. The van der Waals surface area contributed by atoms with Crippen molar-refractivity contribution in [2.45, 2.75) is 39.0 Å². The second kappa shape index (κ2) is 2.26. The van der Waals surface area contributed by atoms with Crippen LogP contribution >= 0.6 is 0 Å². The topological polar surface area (TPSA) is 17.1 Å². The Kier molecular flexibility index (Phi) is 1.35. The van der Waals surface area contributed by atoms with Gasteiger partial charge in [0.05, 0.1) is 0 Å². The summed E-state index contributed by atoms with van der Waals surface area (Å²) < 4.78 is 0. The quantitative estimate of drug-likeness (QED) is 0.554. The summed E-state index contributed by atoms with van der Waals surface area (Å²) in [5, 5.41) is 0. The zero-order valence-electron chi connectivity index (χ0n) is 8.18. The molecule has 0 aromatic carbocycles. The average Bonchev–Trinajstić information content (AvgIpc) is 2.56. The zero-order valence-corrected chi connectivity index (χ0v) is 8.18. The lowest BCUT2D eigenvalue weighted by atomic mass is 9.71. The molecule has 0 unspecified atom stereocenters. The predicted octanol–water partition coefficient (Wildman–Crippen LogP) is 2.71. The van der Waals surface area contributed by atoms with Gasteiger partial charge < -0.3 is 0 Å². The van der Waals surface area contributed by atoms with E-state index >= 15 is 0 Å². The molecule has 0 aliphatic heterocycles. The van der Waals surface area contributed by atoms with Crippen molar-refractivity contribution in [3.05, 3.63) is 11.6 Å². The molecule has 0 radical (unpaired) electrons. The minimum absolute atomic E-state index is 0.347. The summed E-state index contributed by atoms with van der Waals surface area (Å²) in [6.45, 7) is 2.27. The van der Waals surface area contributed by atoms with Crippen LogP contribution in [0.3, 0.4) is 0 Å². The molecule has 2 bridgehead atoms. The summed E-state index contributed by atoms with van der Waals surface area (Å²) in [4.78, 5) is 11.7. The van der Waals surface area contributed by atoms with E-state index in [4.69, 9.17) is 0 Å². The molecule has 0 amide bonds. The monoisotopic (exact) mass is 176 g/mol. The maximum absolute atomic E-state index is 11.7. The molecule has 0 N–H and O–H groups in total. The molecule has 70 valence electrons. The van der Waals surface area contributed by atoms with E-state index in [1.165, 1.54) is 31.3 Å². The SMILES string of the molecule is C[C@H]1CC(=O)C2=CC[C@@H]3CC[C@@]21C3. The molecule has 13 heavy (non-hydrogen) atoms. The van der Waals surface area contributed by atoms with Crippen LogP contribution in [0.2, 0.25) is 0 Å². The Morgan fingerprint density at radius 2 is 2.38 bits per heavy atom. The molecule has 0 heterocycles. The third-order valence-corrected chi connectivity index (χ3v) is 4.58. The minimum atomic E-state index is 0.347. The van der Waals surface area contributed by atoms with Crippen molar-refractivity contribution in [1.82, 2.24) is 0 Å². The van der Waals surface area contributed by atoms with Gasteiger partial charge in [-0.25, -0.2) is 0 Å². The molecule has 1 nitrogen and oxygen atoms in total. The van der Waals surface area contributed by atoms with Gasteiger partial charge in [0, 0.05) is 11.8 Å². The van der Waals surface area contributed by atoms with Crippen LogP contribution in [0, 0.1) is 17.3 Å². The number of Topliss-reactive ketones (excluding diaryl/α,β-unsaturated/α-hetero) is 1. The zero-order chi connectivity index (χ0) is 9.05. The Morgan fingerprint density at radius 3 is 3.23 bits per heavy atom. The first kappa shape index (κ1) is 7.78. The molecule has 1 heteroatoms. The van der Waals surface area contributed by atoms with Crippen molar-refractivity contribution in [3.63, 3.8) is 0 Å². The van der Waals surface area contributed by atoms with E-state index in [-0.39, 0.29) is 0 Å². The maximum atomic E-state index is 11.7. The fraction of sp³-hybridized carbons (Fsp3) is 0.750. The molecule has 0 aromatic rings. The lowest BCUT2D eigenvalue weighted by Crippen LogP contribution is -2.24. The number of ketones is 1. The van der Waals surface area contributed by atoms with Crippen molar-refractivity contribution in [2.24, 2.45) is 17.3 Å². The summed E-state index contributed by atoms with van der Waals surface area (Å²) in [6.07, 6.45) is 8.21. The first-order valence-electron chi connectivity index (χ1n) is 5.46. The standard InChI is InChI=1S/C12H16O/c1-8-6-11(13)10-3-2-9-4-5-12(8,10)7-9/h3,8-9H,2,4-7H2,1H3/t8-,9+,12-/m0/s1. The summed E-state index contributed by atoms with van der Waals surface area (Å²) in [5.41, 5.74) is 1.56. The van der Waals surface area contributed by atoms with Gasteiger partial charge in [0.25, 0.3) is 0 Å². The number of carbonyl (C=O) groups is 1. The predicted molar refractivity (Wildman–Crippen MR) is 51.3 cm³/mol. The van der Waals surface area contributed by atoms with Crippen LogP contribution in [-0.2, 0) is 4.79 Å². The van der Waals surface area contributed by atoms with Crippen LogP contribution in [0.5, 0.6) is 0 Å². The Balaban J connectivity index is 2.12. The highest BCUT2D eigenvalue weighted by Gasteiger charge is 2.54. The van der Waals surface area contributed by atoms with Crippen LogP contribution in [0.1, 0.15) is 39.0 Å². The van der Waals surface area contributed by atoms with Gasteiger partial charge in [0.1, 0.15) is 0 Å². The van der Waals surface area contributed by atoms with E-state index in [1.54, 1.807) is 0 Å². The third-order valence-electron chi connectivity index (χ3n) is 4.58. The van der Waals surface area contributed by atoms with Gasteiger partial charge in [0.15, 0.2) is 5.78 Å². The van der Waals surface area contributed by atoms with Gasteiger partial charge >= 0.3 is 0 Å². The van der Waals surface area contributed by atoms with Crippen LogP contribution in [0.25, 0.3) is 0 Å². The van der Waals surface area contributed by atoms with E-state index in [0.717, 1.165) is 12.3 Å². The molecule has 0 aromatic heterocycles. The Hall–Kier alpha value is -0.590. The molecule has 3 aliphatic rings. The fourth-order valence-corrected chi connectivity index (χ4v) is 3.80. The van der Waals surface area contributed by atoms with E-state index < -0.39 is 0 Å². The number of carbonyl (C=O) groups excluding carboxylic acids is 1. The van der Waals surface area contributed by atoms with E-state index in [9.17, 15) is 4.79 Å². The minimum Gasteiger partial charge on any atom is -0.295 e. The van der Waals surface area contributed by atoms with Gasteiger partial charge in [-0.3, -0.25) is 4.79 Å². The highest BCUT2D eigenvalue weighted by molar-refractivity contribution is 5.99. The number of hydrogen-bond donors (Lipinski definition) is 0. The average molecular weight is 176 g/mol. The Labute approximate surface area is 79.2 Å². The van der Waals surface area contributed by atoms with Gasteiger partial charge in [-0.1, -0.05) is 13.0 Å². The summed E-state index contributed by atoms with van der Waals surface area (Å²) in [7, 11) is 0. The van der Waals surface area contributed by atoms with Gasteiger partial charge in [0.2, 0.25) is 0 Å². The third kappa shape index (κ3) is 0.806. The molecule has 0 saturated heterocycles. The van der Waals surface area contributed by atoms with Crippen molar-refractivity contribution in [2.75, 3.05) is 0 Å². The lowest BCUT2D eigenvalue weighted by Gasteiger charge is -2.32. The van der Waals surface area contributed by atoms with Crippen molar-refractivity contribution in [1.29, 1.82) is 0 Å².